The van der Waals surface area contributed by atoms with E-state index in [0.717, 1.165) is 16.3 Å². The van der Waals surface area contributed by atoms with Crippen molar-refractivity contribution in [2.45, 2.75) is 25.9 Å². The Morgan fingerprint density at radius 1 is 0.960 bits per heavy atom. The van der Waals surface area contributed by atoms with Crippen LogP contribution < -0.4 is 10.2 Å². The van der Waals surface area contributed by atoms with Crippen LogP contribution in [0.25, 0.3) is 0 Å². The average Bonchev–Trinajstić information content (AvgIpc) is 3.13. The summed E-state index contributed by atoms with van der Waals surface area (Å²) in [6, 6.07) is 21.9. The number of benzene rings is 2. The molecule has 1 aliphatic heterocycles. The number of rotatable bonds is 3. The monoisotopic (exact) mass is 348 g/mol. The summed E-state index contributed by atoms with van der Waals surface area (Å²) in [6.07, 6.45) is -0.192. The highest BCUT2D eigenvalue weighted by molar-refractivity contribution is 7.12. The predicted molar refractivity (Wildman–Crippen MR) is 104 cm³/mol. The summed E-state index contributed by atoms with van der Waals surface area (Å²) in [5.41, 5.74) is 2.51. The number of hydrogen-bond acceptors (Lipinski definition) is 3. The van der Waals surface area contributed by atoms with E-state index < -0.39 is 0 Å². The molecule has 25 heavy (non-hydrogen) atoms. The van der Waals surface area contributed by atoms with Crippen molar-refractivity contribution in [3.63, 3.8) is 0 Å². The van der Waals surface area contributed by atoms with Gasteiger partial charge in [-0.05, 0) is 42.3 Å². The van der Waals surface area contributed by atoms with Crippen molar-refractivity contribution >= 4 is 28.6 Å². The van der Waals surface area contributed by atoms with E-state index in [1.165, 1.54) is 4.88 Å². The smallest absolute Gasteiger partial charge is 0.262 e. The van der Waals surface area contributed by atoms with E-state index in [-0.39, 0.29) is 12.1 Å². The molecule has 0 saturated heterocycles. The lowest BCUT2D eigenvalue weighted by molar-refractivity contribution is 0.0975. The second kappa shape index (κ2) is 6.37. The maximum atomic E-state index is 13.2. The van der Waals surface area contributed by atoms with Gasteiger partial charge in [0, 0.05) is 21.1 Å². The molecule has 0 radical (unpaired) electrons. The van der Waals surface area contributed by atoms with Crippen LogP contribution in [0, 0.1) is 0 Å². The van der Waals surface area contributed by atoms with Crippen LogP contribution in [0.3, 0.4) is 0 Å². The second-order valence-electron chi connectivity index (χ2n) is 6.50. The van der Waals surface area contributed by atoms with Gasteiger partial charge < -0.3 is 5.32 Å². The fourth-order valence-electron chi connectivity index (χ4n) is 3.13. The second-order valence-corrected chi connectivity index (χ2v) is 7.64. The molecule has 1 N–H and O–H groups in total. The first-order valence-corrected chi connectivity index (χ1v) is 9.30. The van der Waals surface area contributed by atoms with Gasteiger partial charge in [-0.15, -0.1) is 11.3 Å². The minimum absolute atomic E-state index is 0.0325. The van der Waals surface area contributed by atoms with Crippen molar-refractivity contribution in [3.8, 4) is 0 Å². The predicted octanol–water partition coefficient (Wildman–Crippen LogP) is 5.64. The Kier molecular flexibility index (Phi) is 4.06. The van der Waals surface area contributed by atoms with Crippen LogP contribution in [0.1, 0.15) is 46.0 Å². The Labute approximate surface area is 151 Å². The fourth-order valence-corrected chi connectivity index (χ4v) is 4.19. The van der Waals surface area contributed by atoms with Crippen molar-refractivity contribution in [1.29, 1.82) is 0 Å². The molecule has 0 saturated carbocycles. The number of nitrogens with one attached hydrogen (secondary N) is 1. The molecule has 0 bridgehead atoms. The molecule has 3 nitrogen and oxygen atoms in total. The minimum Gasteiger partial charge on any atom is -0.360 e. The van der Waals surface area contributed by atoms with Crippen LogP contribution in [0.4, 0.5) is 11.4 Å². The zero-order valence-corrected chi connectivity index (χ0v) is 15.1. The van der Waals surface area contributed by atoms with Gasteiger partial charge >= 0.3 is 0 Å². The molecule has 0 aliphatic carbocycles. The van der Waals surface area contributed by atoms with E-state index in [1.807, 2.05) is 59.5 Å². The van der Waals surface area contributed by atoms with Crippen molar-refractivity contribution in [1.82, 2.24) is 0 Å². The Morgan fingerprint density at radius 2 is 1.68 bits per heavy atom. The van der Waals surface area contributed by atoms with Crippen molar-refractivity contribution < 1.29 is 4.79 Å². The van der Waals surface area contributed by atoms with Crippen LogP contribution in [0.2, 0.25) is 0 Å². The molecule has 2 aromatic carbocycles. The van der Waals surface area contributed by atoms with Gasteiger partial charge in [-0.1, -0.05) is 44.2 Å². The van der Waals surface area contributed by atoms with Crippen molar-refractivity contribution in [2.24, 2.45) is 0 Å². The van der Waals surface area contributed by atoms with Gasteiger partial charge in [-0.25, -0.2) is 0 Å². The van der Waals surface area contributed by atoms with Crippen LogP contribution in [0.15, 0.2) is 66.7 Å². The first kappa shape index (κ1) is 15.9. The number of carbonyl (C=O) groups excluding carboxylic acids is 1. The van der Waals surface area contributed by atoms with Gasteiger partial charge in [0.2, 0.25) is 0 Å². The normalized spacial score (nSPS) is 16.7. The molecule has 0 spiro atoms. The number of amides is 1. The maximum absolute atomic E-state index is 13.2. The summed E-state index contributed by atoms with van der Waals surface area (Å²) in [5.74, 6) is 0.514. The molecule has 4 rings (SSSR count). The van der Waals surface area contributed by atoms with Gasteiger partial charge in [0.15, 0.2) is 0 Å². The lowest BCUT2D eigenvalue weighted by Crippen LogP contribution is -2.42. The Hall–Kier alpha value is -2.59. The Morgan fingerprint density at radius 3 is 2.40 bits per heavy atom. The summed E-state index contributed by atoms with van der Waals surface area (Å²) < 4.78 is 0. The Bertz CT molecular complexity index is 901. The van der Waals surface area contributed by atoms with Crippen LogP contribution in [-0.4, -0.2) is 5.91 Å². The molecule has 1 atom stereocenters. The minimum atomic E-state index is -0.192. The third-order valence-corrected chi connectivity index (χ3v) is 5.89. The average molecular weight is 348 g/mol. The molecule has 2 heterocycles. The Balaban J connectivity index is 1.83. The molecular formula is C21H20N2OS. The zero-order valence-electron chi connectivity index (χ0n) is 14.3. The molecule has 1 unspecified atom stereocenters. The number of thiophene rings is 1. The fraction of sp³-hybridized carbons (Fsp3) is 0.190. The van der Waals surface area contributed by atoms with Crippen LogP contribution in [0.5, 0.6) is 0 Å². The molecule has 0 fully saturated rings. The van der Waals surface area contributed by atoms with Gasteiger partial charge in [-0.2, -0.15) is 0 Å². The summed E-state index contributed by atoms with van der Waals surface area (Å²) in [6.45, 7) is 4.39. The van der Waals surface area contributed by atoms with E-state index in [1.54, 1.807) is 11.3 Å². The van der Waals surface area contributed by atoms with Gasteiger partial charge in [0.1, 0.15) is 6.17 Å². The summed E-state index contributed by atoms with van der Waals surface area (Å²) in [7, 11) is 0. The third-order valence-electron chi connectivity index (χ3n) is 4.45. The number of para-hydroxylation sites is 2. The highest BCUT2D eigenvalue weighted by Gasteiger charge is 2.34. The summed E-state index contributed by atoms with van der Waals surface area (Å²) in [5, 5.41) is 3.56. The molecule has 1 amide bonds. The molecule has 3 aromatic rings. The number of fused-ring (bicyclic) bond motifs is 1. The molecule has 4 heteroatoms. The van der Waals surface area contributed by atoms with E-state index in [4.69, 9.17) is 0 Å². The third kappa shape index (κ3) is 2.83. The van der Waals surface area contributed by atoms with E-state index in [2.05, 4.69) is 31.3 Å². The first-order chi connectivity index (χ1) is 12.1. The van der Waals surface area contributed by atoms with Gasteiger partial charge in [0.25, 0.3) is 5.91 Å². The molecule has 126 valence electrons. The SMILES string of the molecule is CC(C)c1ccc(C2Nc3ccccc3C(=O)N2c2ccccc2)s1. The molecular weight excluding hydrogens is 328 g/mol. The quantitative estimate of drug-likeness (QED) is 0.664. The first-order valence-electron chi connectivity index (χ1n) is 8.49. The number of carbonyl (C=O) groups is 1. The molecule has 1 aliphatic rings. The topological polar surface area (TPSA) is 32.3 Å². The number of anilines is 2. The molecule has 1 aromatic heterocycles. The number of hydrogen-bond donors (Lipinski definition) is 1. The van der Waals surface area contributed by atoms with Crippen molar-refractivity contribution in [2.75, 3.05) is 10.2 Å². The van der Waals surface area contributed by atoms with E-state index in [0.29, 0.717) is 11.5 Å². The van der Waals surface area contributed by atoms with E-state index in [9.17, 15) is 4.79 Å². The van der Waals surface area contributed by atoms with Crippen molar-refractivity contribution in [3.05, 3.63) is 82.0 Å². The van der Waals surface area contributed by atoms with Gasteiger partial charge in [0.05, 0.1) is 5.56 Å². The summed E-state index contributed by atoms with van der Waals surface area (Å²) >= 11 is 1.77. The lowest BCUT2D eigenvalue weighted by Gasteiger charge is -2.37. The largest absolute Gasteiger partial charge is 0.360 e. The maximum Gasteiger partial charge on any atom is 0.262 e. The zero-order chi connectivity index (χ0) is 17.4. The van der Waals surface area contributed by atoms with E-state index >= 15 is 0 Å². The van der Waals surface area contributed by atoms with Gasteiger partial charge in [-0.3, -0.25) is 9.69 Å². The lowest BCUT2D eigenvalue weighted by atomic mass is 10.1. The van der Waals surface area contributed by atoms with Crippen LogP contribution in [-0.2, 0) is 0 Å². The van der Waals surface area contributed by atoms with Crippen LogP contribution >= 0.6 is 11.3 Å². The summed E-state index contributed by atoms with van der Waals surface area (Å²) in [4.78, 5) is 17.6. The standard InChI is InChI=1S/C21H20N2OS/c1-14(2)18-12-13-19(25-18)20-22-17-11-7-6-10-16(17)21(24)23(20)15-8-4-3-5-9-15/h3-14,20,22H,1-2H3. The highest BCUT2D eigenvalue weighted by atomic mass is 32.1. The highest BCUT2D eigenvalue weighted by Crippen LogP contribution is 2.39. The number of nitrogens with zero attached hydrogens (tertiary/aromatic N) is 1.